The van der Waals surface area contributed by atoms with Crippen LogP contribution in [0.4, 0.5) is 10.8 Å². The van der Waals surface area contributed by atoms with E-state index in [2.05, 4.69) is 10.3 Å². The summed E-state index contributed by atoms with van der Waals surface area (Å²) >= 11 is 1.30. The van der Waals surface area contributed by atoms with E-state index in [4.69, 9.17) is 9.47 Å². The van der Waals surface area contributed by atoms with Crippen molar-refractivity contribution >= 4 is 32.4 Å². The minimum Gasteiger partial charge on any atom is -0.493 e. The molecule has 0 aliphatic rings. The summed E-state index contributed by atoms with van der Waals surface area (Å²) in [4.78, 5) is 14.9. The fourth-order valence-electron chi connectivity index (χ4n) is 1.73. The van der Waals surface area contributed by atoms with Crippen molar-refractivity contribution in [1.29, 1.82) is 0 Å². The van der Waals surface area contributed by atoms with Gasteiger partial charge in [0.2, 0.25) is 0 Å². The number of ether oxygens (including phenoxy) is 2. The van der Waals surface area contributed by atoms with Gasteiger partial charge >= 0.3 is 0 Å². The Morgan fingerprint density at radius 1 is 1.47 bits per heavy atom. The number of nitrogens with one attached hydrogen (secondary N) is 1. The minimum absolute atomic E-state index is 0.0898. The molecule has 2 aromatic rings. The van der Waals surface area contributed by atoms with E-state index in [1.165, 1.54) is 31.6 Å². The Morgan fingerprint density at radius 3 is 2.74 bits per heavy atom. The van der Waals surface area contributed by atoms with Crippen molar-refractivity contribution in [2.24, 2.45) is 0 Å². The van der Waals surface area contributed by atoms with Gasteiger partial charge in [0.1, 0.15) is 4.70 Å². The molecule has 1 N–H and O–H groups in total. The molecule has 19 heavy (non-hydrogen) atoms. The number of nitro groups is 1. The smallest absolute Gasteiger partial charge is 0.300 e. The first-order chi connectivity index (χ1) is 9.12. The van der Waals surface area contributed by atoms with Crippen molar-refractivity contribution in [2.75, 3.05) is 26.1 Å². The Morgan fingerprint density at radius 2 is 2.21 bits per heavy atom. The predicted molar refractivity (Wildman–Crippen MR) is 73.5 cm³/mol. The number of fused-ring (bicyclic) bond motifs is 1. The second-order valence-electron chi connectivity index (χ2n) is 3.62. The molecule has 0 bridgehead atoms. The SMILES string of the molecule is CCNc1nc2c([N+](=O)[O-])cc(OC)c(OC)c2s1. The molecule has 0 spiro atoms. The highest BCUT2D eigenvalue weighted by Gasteiger charge is 2.24. The fraction of sp³-hybridized carbons (Fsp3) is 0.364. The molecular weight excluding hydrogens is 270 g/mol. The highest BCUT2D eigenvalue weighted by Crippen LogP contribution is 2.44. The number of nitrogens with zero attached hydrogens (tertiary/aromatic N) is 2. The number of rotatable bonds is 5. The molecule has 1 heterocycles. The minimum atomic E-state index is -0.472. The van der Waals surface area contributed by atoms with Crippen LogP contribution in [0.25, 0.3) is 10.2 Å². The number of non-ortho nitro benzene ring substituents is 1. The second-order valence-corrected chi connectivity index (χ2v) is 4.61. The zero-order chi connectivity index (χ0) is 14.0. The molecule has 8 heteroatoms. The number of anilines is 1. The van der Waals surface area contributed by atoms with E-state index in [9.17, 15) is 10.1 Å². The monoisotopic (exact) mass is 283 g/mol. The molecule has 0 unspecified atom stereocenters. The largest absolute Gasteiger partial charge is 0.493 e. The van der Waals surface area contributed by atoms with E-state index in [1.54, 1.807) is 0 Å². The Kier molecular flexibility index (Phi) is 3.70. The van der Waals surface area contributed by atoms with Gasteiger partial charge in [-0.05, 0) is 6.92 Å². The highest BCUT2D eigenvalue weighted by atomic mass is 32.1. The van der Waals surface area contributed by atoms with E-state index >= 15 is 0 Å². The molecule has 0 aliphatic carbocycles. The third-order valence-electron chi connectivity index (χ3n) is 2.52. The van der Waals surface area contributed by atoms with Gasteiger partial charge in [-0.25, -0.2) is 4.98 Å². The number of benzene rings is 1. The second kappa shape index (κ2) is 5.27. The molecule has 0 radical (unpaired) electrons. The molecule has 0 amide bonds. The summed E-state index contributed by atoms with van der Waals surface area (Å²) in [6.07, 6.45) is 0. The van der Waals surface area contributed by atoms with Crippen LogP contribution < -0.4 is 14.8 Å². The number of methoxy groups -OCH3 is 2. The molecule has 0 aliphatic heterocycles. The van der Waals surface area contributed by atoms with Crippen molar-refractivity contribution < 1.29 is 14.4 Å². The van der Waals surface area contributed by atoms with E-state index < -0.39 is 4.92 Å². The molecule has 2 rings (SSSR count). The number of thiazole rings is 1. The summed E-state index contributed by atoms with van der Waals surface area (Å²) < 4.78 is 11.0. The van der Waals surface area contributed by atoms with Crippen LogP contribution in [-0.2, 0) is 0 Å². The summed E-state index contributed by atoms with van der Waals surface area (Å²) in [5, 5.41) is 14.8. The van der Waals surface area contributed by atoms with Crippen molar-refractivity contribution in [2.45, 2.75) is 6.92 Å². The Labute approximate surface area is 113 Å². The summed E-state index contributed by atoms with van der Waals surface area (Å²) in [5.74, 6) is 0.790. The van der Waals surface area contributed by atoms with E-state index in [0.717, 1.165) is 0 Å². The van der Waals surface area contributed by atoms with Gasteiger partial charge in [0.05, 0.1) is 25.2 Å². The quantitative estimate of drug-likeness (QED) is 0.670. The molecule has 0 atom stereocenters. The number of hydrogen-bond donors (Lipinski definition) is 1. The van der Waals surface area contributed by atoms with Crippen molar-refractivity contribution in [1.82, 2.24) is 4.98 Å². The summed E-state index contributed by atoms with van der Waals surface area (Å²) in [6, 6.07) is 1.33. The van der Waals surface area contributed by atoms with Crippen molar-refractivity contribution in [3.8, 4) is 11.5 Å². The maximum atomic E-state index is 11.1. The van der Waals surface area contributed by atoms with Gasteiger partial charge in [0, 0.05) is 6.54 Å². The summed E-state index contributed by atoms with van der Waals surface area (Å²) in [6.45, 7) is 2.62. The van der Waals surface area contributed by atoms with Crippen LogP contribution >= 0.6 is 11.3 Å². The predicted octanol–water partition coefficient (Wildman–Crippen LogP) is 2.65. The Balaban J connectivity index is 2.77. The zero-order valence-corrected chi connectivity index (χ0v) is 11.5. The first kappa shape index (κ1) is 13.3. The van der Waals surface area contributed by atoms with Gasteiger partial charge in [-0.3, -0.25) is 10.1 Å². The van der Waals surface area contributed by atoms with Crippen LogP contribution in [0.15, 0.2) is 6.07 Å². The maximum Gasteiger partial charge on any atom is 0.300 e. The topological polar surface area (TPSA) is 86.5 Å². The number of hydrogen-bond acceptors (Lipinski definition) is 7. The van der Waals surface area contributed by atoms with Gasteiger partial charge in [-0.1, -0.05) is 11.3 Å². The summed E-state index contributed by atoms with van der Waals surface area (Å²) in [7, 11) is 2.94. The van der Waals surface area contributed by atoms with Gasteiger partial charge in [-0.2, -0.15) is 0 Å². The number of aromatic nitrogens is 1. The highest BCUT2D eigenvalue weighted by molar-refractivity contribution is 7.22. The first-order valence-corrected chi connectivity index (χ1v) is 6.37. The molecule has 1 aromatic heterocycles. The maximum absolute atomic E-state index is 11.1. The number of nitro benzene ring substituents is 1. The van der Waals surface area contributed by atoms with Crippen LogP contribution in [0.5, 0.6) is 11.5 Å². The standard InChI is InChI=1S/C11H13N3O4S/c1-4-12-11-13-8-6(14(15)16)5-7(17-2)9(18-3)10(8)19-11/h5H,4H2,1-3H3,(H,12,13). The van der Waals surface area contributed by atoms with Crippen LogP contribution in [-0.4, -0.2) is 30.7 Å². The van der Waals surface area contributed by atoms with Crippen LogP contribution in [0.1, 0.15) is 6.92 Å². The van der Waals surface area contributed by atoms with Gasteiger partial charge in [0.15, 0.2) is 22.1 Å². The molecule has 7 nitrogen and oxygen atoms in total. The first-order valence-electron chi connectivity index (χ1n) is 5.56. The zero-order valence-electron chi connectivity index (χ0n) is 10.7. The lowest BCUT2D eigenvalue weighted by Crippen LogP contribution is -1.96. The summed E-state index contributed by atoms with van der Waals surface area (Å²) in [5.41, 5.74) is 0.219. The molecular formula is C11H13N3O4S. The third kappa shape index (κ3) is 2.26. The van der Waals surface area contributed by atoms with Gasteiger partial charge < -0.3 is 14.8 Å². The van der Waals surface area contributed by atoms with E-state index in [1.807, 2.05) is 6.92 Å². The normalized spacial score (nSPS) is 10.5. The lowest BCUT2D eigenvalue weighted by molar-refractivity contribution is -0.383. The lowest BCUT2D eigenvalue weighted by atomic mass is 10.2. The lowest BCUT2D eigenvalue weighted by Gasteiger charge is -2.07. The van der Waals surface area contributed by atoms with Crippen molar-refractivity contribution in [3.63, 3.8) is 0 Å². The Hall–Kier alpha value is -2.09. The van der Waals surface area contributed by atoms with E-state index in [0.29, 0.717) is 33.4 Å². The molecule has 0 saturated heterocycles. The van der Waals surface area contributed by atoms with Crippen LogP contribution in [0, 0.1) is 10.1 Å². The molecule has 0 fully saturated rings. The molecule has 1 aromatic carbocycles. The van der Waals surface area contributed by atoms with Crippen LogP contribution in [0.3, 0.4) is 0 Å². The average Bonchev–Trinajstić information content (AvgIpc) is 2.79. The van der Waals surface area contributed by atoms with Gasteiger partial charge in [0.25, 0.3) is 5.69 Å². The van der Waals surface area contributed by atoms with Crippen LogP contribution in [0.2, 0.25) is 0 Å². The van der Waals surface area contributed by atoms with E-state index in [-0.39, 0.29) is 5.69 Å². The molecule has 0 saturated carbocycles. The van der Waals surface area contributed by atoms with Gasteiger partial charge in [-0.15, -0.1) is 0 Å². The Bertz CT molecular complexity index is 626. The third-order valence-corrected chi connectivity index (χ3v) is 3.53. The fourth-order valence-corrected chi connectivity index (χ4v) is 2.80. The molecule has 102 valence electrons. The van der Waals surface area contributed by atoms with Crippen molar-refractivity contribution in [3.05, 3.63) is 16.2 Å². The average molecular weight is 283 g/mol.